The third-order valence-electron chi connectivity index (χ3n) is 4.46. The van der Waals surface area contributed by atoms with Crippen LogP contribution < -0.4 is 21.3 Å². The molecular formula is C18H22FN9O. The van der Waals surface area contributed by atoms with Crippen molar-refractivity contribution in [2.24, 2.45) is 0 Å². The zero-order valence-electron chi connectivity index (χ0n) is 16.0. The van der Waals surface area contributed by atoms with Gasteiger partial charge in [0.05, 0.1) is 18.1 Å². The van der Waals surface area contributed by atoms with Gasteiger partial charge in [0.25, 0.3) is 5.91 Å². The molecule has 2 aromatic heterocycles. The number of hydrogen-bond acceptors (Lipinski definition) is 9. The van der Waals surface area contributed by atoms with Gasteiger partial charge in [0.2, 0.25) is 0 Å². The number of halogens is 1. The van der Waals surface area contributed by atoms with Gasteiger partial charge in [-0.1, -0.05) is 0 Å². The smallest absolute Gasteiger partial charge is 0.273 e. The molecule has 1 aliphatic rings. The predicted molar refractivity (Wildman–Crippen MR) is 105 cm³/mol. The molecule has 29 heavy (non-hydrogen) atoms. The van der Waals surface area contributed by atoms with E-state index in [4.69, 9.17) is 5.26 Å². The first-order valence-electron chi connectivity index (χ1n) is 9.31. The molecule has 10 nitrogen and oxygen atoms in total. The van der Waals surface area contributed by atoms with E-state index in [0.717, 1.165) is 0 Å². The van der Waals surface area contributed by atoms with Gasteiger partial charge in [-0.3, -0.25) is 4.79 Å². The second-order valence-corrected chi connectivity index (χ2v) is 6.63. The highest BCUT2D eigenvalue weighted by Gasteiger charge is 2.32. The second kappa shape index (κ2) is 9.20. The number of aromatic nitrogens is 4. The number of nitrogens with zero attached hydrogens (tertiary/aromatic N) is 5. The summed E-state index contributed by atoms with van der Waals surface area (Å²) in [6.45, 7) is 3.51. The minimum Gasteiger partial charge on any atom is -0.380 e. The fourth-order valence-corrected chi connectivity index (χ4v) is 2.89. The van der Waals surface area contributed by atoms with E-state index in [1.807, 2.05) is 6.07 Å². The van der Waals surface area contributed by atoms with Crippen LogP contribution in [0.4, 0.5) is 21.7 Å². The lowest BCUT2D eigenvalue weighted by Gasteiger charge is -2.30. The van der Waals surface area contributed by atoms with E-state index in [-0.39, 0.29) is 17.9 Å². The molecule has 2 aromatic rings. The number of rotatable bonds is 7. The van der Waals surface area contributed by atoms with Crippen molar-refractivity contribution in [3.8, 4) is 6.07 Å². The number of amides is 1. The van der Waals surface area contributed by atoms with Crippen LogP contribution in [-0.4, -0.2) is 57.9 Å². The molecule has 4 N–H and O–H groups in total. The first-order valence-corrected chi connectivity index (χ1v) is 9.31. The maximum atomic E-state index is 15.0. The molecule has 0 bridgehead atoms. The van der Waals surface area contributed by atoms with Crippen LogP contribution in [0, 0.1) is 11.3 Å². The lowest BCUT2D eigenvalue weighted by atomic mass is 9.94. The van der Waals surface area contributed by atoms with E-state index in [1.165, 1.54) is 12.4 Å². The molecule has 3 rings (SSSR count). The third-order valence-corrected chi connectivity index (χ3v) is 4.46. The van der Waals surface area contributed by atoms with Crippen molar-refractivity contribution in [2.45, 2.75) is 25.4 Å². The van der Waals surface area contributed by atoms with Gasteiger partial charge in [-0.15, -0.1) is 10.2 Å². The Kier molecular flexibility index (Phi) is 6.46. The van der Waals surface area contributed by atoms with E-state index in [0.29, 0.717) is 49.8 Å². The number of nitriles is 1. The molecule has 0 saturated carbocycles. The summed E-state index contributed by atoms with van der Waals surface area (Å²) in [6, 6.07) is 3.46. The Balaban J connectivity index is 1.80. The Morgan fingerprint density at radius 2 is 2.07 bits per heavy atom. The summed E-state index contributed by atoms with van der Waals surface area (Å²) in [7, 11) is 0. The largest absolute Gasteiger partial charge is 0.380 e. The summed E-state index contributed by atoms with van der Waals surface area (Å²) >= 11 is 0. The number of piperidine rings is 1. The van der Waals surface area contributed by atoms with Crippen molar-refractivity contribution < 1.29 is 9.18 Å². The van der Waals surface area contributed by atoms with E-state index in [9.17, 15) is 9.18 Å². The molecule has 1 aliphatic heterocycles. The van der Waals surface area contributed by atoms with Crippen LogP contribution in [0.15, 0.2) is 18.5 Å². The van der Waals surface area contributed by atoms with Crippen LogP contribution in [0.3, 0.4) is 0 Å². The van der Waals surface area contributed by atoms with Crippen molar-refractivity contribution in [3.05, 3.63) is 29.8 Å². The molecular weight excluding hydrogens is 377 g/mol. The Labute approximate surface area is 167 Å². The minimum absolute atomic E-state index is 0.0584. The average Bonchev–Trinajstić information content (AvgIpc) is 2.74. The fraction of sp³-hybridized carbons (Fsp3) is 0.444. The average molecular weight is 399 g/mol. The zero-order valence-corrected chi connectivity index (χ0v) is 16.0. The molecule has 0 aliphatic carbocycles. The summed E-state index contributed by atoms with van der Waals surface area (Å²) in [5, 5.41) is 28.5. The van der Waals surface area contributed by atoms with Crippen molar-refractivity contribution >= 4 is 23.2 Å². The number of carbonyl (C=O) groups excluding carboxylic acids is 1. The predicted octanol–water partition coefficient (Wildman–Crippen LogP) is 1.14. The summed E-state index contributed by atoms with van der Waals surface area (Å²) in [4.78, 5) is 20.3. The molecule has 1 fully saturated rings. The highest BCUT2D eigenvalue weighted by Crippen LogP contribution is 2.25. The van der Waals surface area contributed by atoms with Crippen LogP contribution in [0.25, 0.3) is 0 Å². The standard InChI is InChI=1S/C18H22FN9O/c1-2-22-17(29)16-13(25-11-18(19)3-5-21-6-4-18)7-14(27-28-16)26-15-10-23-12(8-20)9-24-15/h7,9-10,21H,2-6,11H2,1H3,(H,22,29)(H2,24,25,26,27). The summed E-state index contributed by atoms with van der Waals surface area (Å²) in [5.74, 6) is 0.263. The Hall–Kier alpha value is -3.39. The lowest BCUT2D eigenvalue weighted by molar-refractivity contribution is 0.0950. The number of carbonyl (C=O) groups is 1. The monoisotopic (exact) mass is 399 g/mol. The van der Waals surface area contributed by atoms with E-state index >= 15 is 0 Å². The van der Waals surface area contributed by atoms with Gasteiger partial charge in [-0.2, -0.15) is 5.26 Å². The summed E-state index contributed by atoms with van der Waals surface area (Å²) < 4.78 is 15.0. The highest BCUT2D eigenvalue weighted by molar-refractivity contribution is 5.97. The van der Waals surface area contributed by atoms with Crippen LogP contribution in [0.1, 0.15) is 35.9 Å². The SMILES string of the molecule is CCNC(=O)c1nnc(Nc2cnc(C#N)cn2)cc1NCC1(F)CCNCC1. The Morgan fingerprint density at radius 3 is 2.72 bits per heavy atom. The number of nitrogens with one attached hydrogen (secondary N) is 4. The number of hydrogen-bond donors (Lipinski definition) is 4. The van der Waals surface area contributed by atoms with Gasteiger partial charge in [0.15, 0.2) is 17.2 Å². The third kappa shape index (κ3) is 5.32. The van der Waals surface area contributed by atoms with Gasteiger partial charge in [-0.05, 0) is 32.9 Å². The van der Waals surface area contributed by atoms with Crippen molar-refractivity contribution in [1.82, 2.24) is 30.8 Å². The van der Waals surface area contributed by atoms with Gasteiger partial charge < -0.3 is 21.3 Å². The van der Waals surface area contributed by atoms with Gasteiger partial charge in [0, 0.05) is 19.2 Å². The second-order valence-electron chi connectivity index (χ2n) is 6.63. The highest BCUT2D eigenvalue weighted by atomic mass is 19.1. The minimum atomic E-state index is -1.36. The van der Waals surface area contributed by atoms with Crippen LogP contribution in [0.2, 0.25) is 0 Å². The maximum absolute atomic E-state index is 15.0. The zero-order chi connectivity index (χ0) is 20.7. The van der Waals surface area contributed by atoms with Crippen molar-refractivity contribution in [1.29, 1.82) is 5.26 Å². The lowest BCUT2D eigenvalue weighted by Crippen LogP contribution is -2.43. The normalized spacial score (nSPS) is 15.2. The first-order chi connectivity index (χ1) is 14.0. The Morgan fingerprint density at radius 1 is 1.28 bits per heavy atom. The molecule has 152 valence electrons. The molecule has 11 heteroatoms. The quantitative estimate of drug-likeness (QED) is 0.539. The topological polar surface area (TPSA) is 141 Å². The van der Waals surface area contributed by atoms with E-state index in [1.54, 1.807) is 13.0 Å². The fourth-order valence-electron chi connectivity index (χ4n) is 2.89. The Bertz CT molecular complexity index is 891. The molecule has 1 saturated heterocycles. The maximum Gasteiger partial charge on any atom is 0.273 e. The summed E-state index contributed by atoms with van der Waals surface area (Å²) in [6.07, 6.45) is 3.49. The molecule has 0 unspecified atom stereocenters. The molecule has 3 heterocycles. The molecule has 1 amide bonds. The number of anilines is 3. The van der Waals surface area contributed by atoms with Gasteiger partial charge >= 0.3 is 0 Å². The molecule has 0 atom stereocenters. The number of alkyl halides is 1. The van der Waals surface area contributed by atoms with E-state index in [2.05, 4.69) is 41.4 Å². The van der Waals surface area contributed by atoms with E-state index < -0.39 is 11.6 Å². The molecule has 0 aromatic carbocycles. The van der Waals surface area contributed by atoms with Crippen LogP contribution >= 0.6 is 0 Å². The molecule has 0 spiro atoms. The van der Waals surface area contributed by atoms with Crippen molar-refractivity contribution in [2.75, 3.05) is 36.8 Å². The van der Waals surface area contributed by atoms with Gasteiger partial charge in [0.1, 0.15) is 17.6 Å². The summed E-state index contributed by atoms with van der Waals surface area (Å²) in [5.41, 5.74) is -0.726. The van der Waals surface area contributed by atoms with Crippen LogP contribution in [0.5, 0.6) is 0 Å². The first kappa shape index (κ1) is 20.3. The van der Waals surface area contributed by atoms with Crippen molar-refractivity contribution in [3.63, 3.8) is 0 Å². The van der Waals surface area contributed by atoms with Gasteiger partial charge in [-0.25, -0.2) is 14.4 Å². The van der Waals surface area contributed by atoms with Crippen LogP contribution in [-0.2, 0) is 0 Å². The molecule has 0 radical (unpaired) electrons.